The molecule has 1 atom stereocenters. The van der Waals surface area contributed by atoms with Gasteiger partial charge >= 0.3 is 0 Å². The Morgan fingerprint density at radius 3 is 2.88 bits per heavy atom. The lowest BCUT2D eigenvalue weighted by Crippen LogP contribution is -2.31. The van der Waals surface area contributed by atoms with E-state index in [0.717, 1.165) is 9.13 Å². The summed E-state index contributed by atoms with van der Waals surface area (Å²) in [4.78, 5) is 13.0. The molecule has 1 aromatic carbocycles. The van der Waals surface area contributed by atoms with Crippen molar-refractivity contribution in [1.29, 1.82) is 0 Å². The number of halogens is 3. The van der Waals surface area contributed by atoms with Crippen molar-refractivity contribution in [3.8, 4) is 11.5 Å². The molecule has 2 aliphatic rings. The molecule has 5 nitrogen and oxygen atoms in total. The maximum absolute atomic E-state index is 14.6. The molecule has 4 heterocycles. The molecular weight excluding hydrogens is 470 g/mol. The molecule has 0 fully saturated rings. The number of rotatable bonds is 0. The molecule has 0 amide bonds. The van der Waals surface area contributed by atoms with Gasteiger partial charge in [0.25, 0.3) is 5.95 Å². The largest absolute Gasteiger partial charge is 0.452 e. The smallest absolute Gasteiger partial charge is 0.257 e. The van der Waals surface area contributed by atoms with Crippen LogP contribution in [0.4, 0.5) is 4.39 Å². The molecule has 0 saturated heterocycles. The van der Waals surface area contributed by atoms with Gasteiger partial charge in [-0.1, -0.05) is 11.6 Å². The Hall–Kier alpha value is -2.26. The molecule has 2 aromatic heterocycles. The zero-order valence-electron chi connectivity index (χ0n) is 13.0. The Balaban J connectivity index is 1.97. The molecule has 0 saturated carbocycles. The first kappa shape index (κ1) is 16.0. The number of amidine groups is 1. The summed E-state index contributed by atoms with van der Waals surface area (Å²) in [6, 6.07) is 10.8. The van der Waals surface area contributed by atoms with E-state index in [9.17, 15) is 4.39 Å². The third-order valence-electron chi connectivity index (χ3n) is 4.55. The van der Waals surface area contributed by atoms with E-state index in [0.29, 0.717) is 28.4 Å². The van der Waals surface area contributed by atoms with Crippen LogP contribution >= 0.6 is 34.2 Å². The molecule has 2 N–H and O–H groups in total. The zero-order chi connectivity index (χ0) is 18.1. The Morgan fingerprint density at radius 1 is 1.19 bits per heavy atom. The highest BCUT2D eigenvalue weighted by molar-refractivity contribution is 14.1. The van der Waals surface area contributed by atoms with Gasteiger partial charge in [0, 0.05) is 26.5 Å². The number of aliphatic imine (C=N–C) groups is 1. The lowest BCUT2D eigenvalue weighted by molar-refractivity contribution is 0.383. The predicted molar refractivity (Wildman–Crippen MR) is 103 cm³/mol. The van der Waals surface area contributed by atoms with Gasteiger partial charge in [0.2, 0.25) is 0 Å². The van der Waals surface area contributed by atoms with Crippen molar-refractivity contribution in [2.24, 2.45) is 10.7 Å². The summed E-state index contributed by atoms with van der Waals surface area (Å²) in [5.74, 6) is 0.00230. The van der Waals surface area contributed by atoms with E-state index in [4.69, 9.17) is 27.1 Å². The van der Waals surface area contributed by atoms with Gasteiger partial charge in [0.15, 0.2) is 11.3 Å². The lowest BCUT2D eigenvalue weighted by Gasteiger charge is -2.35. The van der Waals surface area contributed by atoms with Gasteiger partial charge < -0.3 is 10.5 Å². The van der Waals surface area contributed by atoms with Crippen molar-refractivity contribution in [1.82, 2.24) is 9.97 Å². The Bertz CT molecular complexity index is 1140. The van der Waals surface area contributed by atoms with Crippen LogP contribution in [0.3, 0.4) is 0 Å². The van der Waals surface area contributed by atoms with Crippen LogP contribution in [0.5, 0.6) is 11.5 Å². The van der Waals surface area contributed by atoms with Crippen LogP contribution in [0.25, 0.3) is 0 Å². The summed E-state index contributed by atoms with van der Waals surface area (Å²) in [5, 5.41) is 0.0106. The molecule has 26 heavy (non-hydrogen) atoms. The highest BCUT2D eigenvalue weighted by Crippen LogP contribution is 2.55. The van der Waals surface area contributed by atoms with E-state index in [2.05, 4.69) is 32.6 Å². The number of benzene rings is 1. The average molecular weight is 479 g/mol. The second-order valence-electron chi connectivity index (χ2n) is 5.96. The first-order valence-corrected chi connectivity index (χ1v) is 9.12. The van der Waals surface area contributed by atoms with Crippen LogP contribution in [0.2, 0.25) is 5.15 Å². The number of hydrogen-bond donors (Lipinski definition) is 1. The molecule has 2 aliphatic heterocycles. The van der Waals surface area contributed by atoms with Crippen molar-refractivity contribution >= 4 is 40.0 Å². The van der Waals surface area contributed by atoms with Crippen LogP contribution in [-0.2, 0) is 5.54 Å². The Labute approximate surface area is 166 Å². The molecule has 0 bridgehead atoms. The monoisotopic (exact) mass is 478 g/mol. The summed E-state index contributed by atoms with van der Waals surface area (Å²) < 4.78 is 21.4. The van der Waals surface area contributed by atoms with Crippen LogP contribution in [0.1, 0.15) is 22.4 Å². The van der Waals surface area contributed by atoms with Gasteiger partial charge in [-0.15, -0.1) is 0 Å². The Morgan fingerprint density at radius 2 is 2.04 bits per heavy atom. The van der Waals surface area contributed by atoms with E-state index in [1.165, 1.54) is 0 Å². The first-order valence-electron chi connectivity index (χ1n) is 7.66. The second-order valence-corrected chi connectivity index (χ2v) is 7.59. The summed E-state index contributed by atoms with van der Waals surface area (Å²) in [6.45, 7) is 0. The second kappa shape index (κ2) is 5.37. The van der Waals surface area contributed by atoms with Gasteiger partial charge in [-0.05, 0) is 59.0 Å². The van der Waals surface area contributed by atoms with Gasteiger partial charge in [-0.2, -0.15) is 4.39 Å². The maximum Gasteiger partial charge on any atom is 0.257 e. The van der Waals surface area contributed by atoms with E-state index < -0.39 is 11.5 Å². The quantitative estimate of drug-likeness (QED) is 0.392. The zero-order valence-corrected chi connectivity index (χ0v) is 15.9. The normalized spacial score (nSPS) is 19.4. The minimum Gasteiger partial charge on any atom is -0.452 e. The predicted octanol–water partition coefficient (Wildman–Crippen LogP) is 3.99. The molecule has 128 valence electrons. The molecule has 3 aromatic rings. The Kier molecular flexibility index (Phi) is 3.29. The fourth-order valence-electron chi connectivity index (χ4n) is 3.54. The van der Waals surface area contributed by atoms with Crippen LogP contribution < -0.4 is 10.5 Å². The average Bonchev–Trinajstić information content (AvgIpc) is 2.91. The highest BCUT2D eigenvalue weighted by Gasteiger charge is 2.51. The summed E-state index contributed by atoms with van der Waals surface area (Å²) in [5.41, 5.74) is 7.57. The summed E-state index contributed by atoms with van der Waals surface area (Å²) >= 11 is 8.26. The molecule has 0 aliphatic carbocycles. The fourth-order valence-corrected chi connectivity index (χ4v) is 4.21. The molecule has 1 unspecified atom stereocenters. The van der Waals surface area contributed by atoms with Crippen molar-refractivity contribution < 1.29 is 9.13 Å². The highest BCUT2D eigenvalue weighted by atomic mass is 127. The minimum atomic E-state index is -1.13. The molecule has 5 rings (SSSR count). The number of fused-ring (bicyclic) bond motifs is 6. The molecule has 0 radical (unpaired) electrons. The third kappa shape index (κ3) is 1.98. The molecule has 8 heteroatoms. The fraction of sp³-hybridized carbons (Fsp3) is 0.0556. The SMILES string of the molecule is NC1=NC2(c3cc(I)ccc3Oc3c2cc(Cl)nc3F)c2ncccc21. The van der Waals surface area contributed by atoms with Crippen LogP contribution in [0, 0.1) is 9.52 Å². The van der Waals surface area contributed by atoms with Crippen molar-refractivity contribution in [2.75, 3.05) is 0 Å². The van der Waals surface area contributed by atoms with Crippen molar-refractivity contribution in [2.45, 2.75) is 5.54 Å². The van der Waals surface area contributed by atoms with E-state index in [1.807, 2.05) is 18.2 Å². The topological polar surface area (TPSA) is 73.4 Å². The van der Waals surface area contributed by atoms with E-state index >= 15 is 0 Å². The first-order chi connectivity index (χ1) is 12.5. The number of aromatic nitrogens is 2. The van der Waals surface area contributed by atoms with Crippen molar-refractivity contribution in [3.63, 3.8) is 0 Å². The van der Waals surface area contributed by atoms with Crippen molar-refractivity contribution in [3.05, 3.63) is 79.7 Å². The van der Waals surface area contributed by atoms with Gasteiger partial charge in [-0.3, -0.25) is 4.98 Å². The van der Waals surface area contributed by atoms with Crippen LogP contribution in [0.15, 0.2) is 47.6 Å². The van der Waals surface area contributed by atoms with Gasteiger partial charge in [0.05, 0.1) is 5.69 Å². The number of pyridine rings is 2. The molecule has 1 spiro atoms. The summed E-state index contributed by atoms with van der Waals surface area (Å²) in [7, 11) is 0. The standard InChI is InChI=1S/C18H9ClFIN4O/c19-13-7-11-14(16(20)24-13)26-12-4-3-8(21)6-10(12)18(11)15-9(17(22)25-18)2-1-5-23-15/h1-7H,(H2,22,25). The van der Waals surface area contributed by atoms with Crippen LogP contribution in [-0.4, -0.2) is 15.8 Å². The summed E-state index contributed by atoms with van der Waals surface area (Å²) in [6.07, 6.45) is 1.66. The number of ether oxygens (including phenoxy) is 1. The number of nitrogens with zero attached hydrogens (tertiary/aromatic N) is 3. The number of nitrogens with two attached hydrogens (primary N) is 1. The van der Waals surface area contributed by atoms with E-state index in [1.54, 1.807) is 24.4 Å². The molecular formula is C18H9ClFIN4O. The number of hydrogen-bond acceptors (Lipinski definition) is 5. The van der Waals surface area contributed by atoms with E-state index in [-0.39, 0.29) is 10.9 Å². The maximum atomic E-state index is 14.6. The minimum absolute atomic E-state index is 0.0106. The lowest BCUT2D eigenvalue weighted by atomic mass is 9.78. The third-order valence-corrected chi connectivity index (χ3v) is 5.41. The van der Waals surface area contributed by atoms with Gasteiger partial charge in [-0.25, -0.2) is 9.98 Å². The van der Waals surface area contributed by atoms with Gasteiger partial charge in [0.1, 0.15) is 16.7 Å².